The molecular formula is C20H16O2. The smallest absolute Gasteiger partial charge is 0.310 e. The number of rotatable bonds is 3. The Bertz CT molecular complexity index is 937. The van der Waals surface area contributed by atoms with Crippen LogP contribution in [0.2, 0.25) is 0 Å². The fourth-order valence-corrected chi connectivity index (χ4v) is 3.53. The maximum Gasteiger partial charge on any atom is 0.310 e. The predicted molar refractivity (Wildman–Crippen MR) is 90.8 cm³/mol. The average molecular weight is 288 g/mol. The molecule has 4 aromatic rings. The second-order valence-corrected chi connectivity index (χ2v) is 5.85. The highest BCUT2D eigenvalue weighted by Crippen LogP contribution is 2.36. The van der Waals surface area contributed by atoms with Crippen LogP contribution in [0.4, 0.5) is 0 Å². The van der Waals surface area contributed by atoms with Crippen molar-refractivity contribution in [2.24, 2.45) is 0 Å². The van der Waals surface area contributed by atoms with E-state index in [0.29, 0.717) is 6.42 Å². The maximum atomic E-state index is 11.5. The first-order valence-electron chi connectivity index (χ1n) is 7.59. The van der Waals surface area contributed by atoms with Gasteiger partial charge in [-0.3, -0.25) is 4.79 Å². The van der Waals surface area contributed by atoms with Gasteiger partial charge in [-0.15, -0.1) is 0 Å². The van der Waals surface area contributed by atoms with Gasteiger partial charge in [0.15, 0.2) is 0 Å². The summed E-state index contributed by atoms with van der Waals surface area (Å²) in [6, 6.07) is 18.8. The predicted octanol–water partition coefficient (Wildman–Crippen LogP) is 5.16. The third-order valence-electron chi connectivity index (χ3n) is 4.59. The van der Waals surface area contributed by atoms with Crippen molar-refractivity contribution in [3.05, 3.63) is 60.2 Å². The van der Waals surface area contributed by atoms with Gasteiger partial charge < -0.3 is 5.11 Å². The number of carboxylic acids is 1. The molecule has 1 unspecified atom stereocenters. The van der Waals surface area contributed by atoms with E-state index >= 15 is 0 Å². The molecule has 4 aromatic carbocycles. The second-order valence-electron chi connectivity index (χ2n) is 5.85. The van der Waals surface area contributed by atoms with Gasteiger partial charge in [-0.2, -0.15) is 0 Å². The Morgan fingerprint density at radius 1 is 0.909 bits per heavy atom. The molecule has 0 aliphatic rings. The zero-order valence-electron chi connectivity index (χ0n) is 12.3. The molecule has 0 spiro atoms. The largest absolute Gasteiger partial charge is 0.481 e. The van der Waals surface area contributed by atoms with Gasteiger partial charge in [-0.1, -0.05) is 61.5 Å². The van der Waals surface area contributed by atoms with Crippen LogP contribution in [-0.2, 0) is 4.79 Å². The van der Waals surface area contributed by atoms with Crippen LogP contribution in [0.25, 0.3) is 32.3 Å². The fraction of sp³-hybridized carbons (Fsp3) is 0.150. The first-order valence-corrected chi connectivity index (χ1v) is 7.59. The van der Waals surface area contributed by atoms with E-state index in [1.807, 2.05) is 19.1 Å². The van der Waals surface area contributed by atoms with Gasteiger partial charge in [-0.05, 0) is 44.3 Å². The summed E-state index contributed by atoms with van der Waals surface area (Å²) in [6.45, 7) is 1.92. The lowest BCUT2D eigenvalue weighted by Crippen LogP contribution is -2.10. The summed E-state index contributed by atoms with van der Waals surface area (Å²) in [5.74, 6) is -1.20. The highest BCUT2D eigenvalue weighted by atomic mass is 16.4. The van der Waals surface area contributed by atoms with Crippen LogP contribution in [0.3, 0.4) is 0 Å². The van der Waals surface area contributed by atoms with Crippen LogP contribution < -0.4 is 0 Å². The van der Waals surface area contributed by atoms with Crippen molar-refractivity contribution < 1.29 is 9.90 Å². The molecule has 0 saturated carbocycles. The fourth-order valence-electron chi connectivity index (χ4n) is 3.53. The van der Waals surface area contributed by atoms with E-state index in [9.17, 15) is 9.90 Å². The maximum absolute atomic E-state index is 11.5. The molecule has 2 heteroatoms. The lowest BCUT2D eigenvalue weighted by Gasteiger charge is -2.15. The number of aliphatic carboxylic acids is 1. The molecule has 1 atom stereocenters. The molecule has 1 N–H and O–H groups in total. The zero-order chi connectivity index (χ0) is 15.3. The van der Waals surface area contributed by atoms with Crippen LogP contribution in [-0.4, -0.2) is 11.1 Å². The monoisotopic (exact) mass is 288 g/mol. The number of carbonyl (C=O) groups is 1. The first kappa shape index (κ1) is 13.1. The summed E-state index contributed by atoms with van der Waals surface area (Å²) in [5.41, 5.74) is 0.890. The van der Waals surface area contributed by atoms with Gasteiger partial charge in [0.25, 0.3) is 0 Å². The van der Waals surface area contributed by atoms with Gasteiger partial charge >= 0.3 is 5.97 Å². The highest BCUT2D eigenvalue weighted by molar-refractivity contribution is 6.23. The summed E-state index contributed by atoms with van der Waals surface area (Å²) in [7, 11) is 0. The van der Waals surface area contributed by atoms with Crippen LogP contribution in [0.1, 0.15) is 24.8 Å². The third kappa shape index (κ3) is 1.77. The molecule has 0 aliphatic heterocycles. The van der Waals surface area contributed by atoms with Crippen molar-refractivity contribution in [3.8, 4) is 0 Å². The summed E-state index contributed by atoms with van der Waals surface area (Å²) in [6.07, 6.45) is 0.600. The quantitative estimate of drug-likeness (QED) is 0.528. The van der Waals surface area contributed by atoms with Gasteiger partial charge in [-0.25, -0.2) is 0 Å². The van der Waals surface area contributed by atoms with Crippen LogP contribution in [0.5, 0.6) is 0 Å². The van der Waals surface area contributed by atoms with Crippen LogP contribution in [0, 0.1) is 0 Å². The zero-order valence-corrected chi connectivity index (χ0v) is 12.3. The Morgan fingerprint density at radius 2 is 1.41 bits per heavy atom. The van der Waals surface area contributed by atoms with Gasteiger partial charge in [0.2, 0.25) is 0 Å². The van der Waals surface area contributed by atoms with Crippen molar-refractivity contribution >= 4 is 38.3 Å². The second kappa shape index (κ2) is 4.70. The molecule has 0 fully saturated rings. The summed E-state index contributed by atoms with van der Waals surface area (Å²) in [5, 5.41) is 16.6. The summed E-state index contributed by atoms with van der Waals surface area (Å²) in [4.78, 5) is 11.5. The molecule has 108 valence electrons. The molecule has 2 nitrogen and oxygen atoms in total. The highest BCUT2D eigenvalue weighted by Gasteiger charge is 2.19. The van der Waals surface area contributed by atoms with Crippen LogP contribution >= 0.6 is 0 Å². The molecule has 0 radical (unpaired) electrons. The molecule has 0 aliphatic carbocycles. The summed E-state index contributed by atoms with van der Waals surface area (Å²) >= 11 is 0. The van der Waals surface area contributed by atoms with E-state index in [1.54, 1.807) is 0 Å². The van der Waals surface area contributed by atoms with Gasteiger partial charge in [0.05, 0.1) is 5.92 Å². The van der Waals surface area contributed by atoms with Crippen molar-refractivity contribution in [1.82, 2.24) is 0 Å². The van der Waals surface area contributed by atoms with E-state index in [4.69, 9.17) is 0 Å². The van der Waals surface area contributed by atoms with Crippen LogP contribution in [0.15, 0.2) is 54.6 Å². The molecular weight excluding hydrogens is 272 g/mol. The van der Waals surface area contributed by atoms with E-state index in [0.717, 1.165) is 16.3 Å². The lowest BCUT2D eigenvalue weighted by molar-refractivity contribution is -0.138. The topological polar surface area (TPSA) is 37.3 Å². The number of carboxylic acid groups (broad SMARTS) is 1. The first-order chi connectivity index (χ1) is 10.7. The minimum Gasteiger partial charge on any atom is -0.481 e. The number of benzene rings is 4. The van der Waals surface area contributed by atoms with Gasteiger partial charge in [0.1, 0.15) is 0 Å². The van der Waals surface area contributed by atoms with Gasteiger partial charge in [0, 0.05) is 0 Å². The Morgan fingerprint density at radius 3 is 1.91 bits per heavy atom. The Labute approximate surface area is 128 Å². The normalized spacial score (nSPS) is 13.1. The Hall–Kier alpha value is -2.61. The van der Waals surface area contributed by atoms with E-state index in [1.165, 1.54) is 21.5 Å². The van der Waals surface area contributed by atoms with E-state index in [2.05, 4.69) is 42.5 Å². The lowest BCUT2D eigenvalue weighted by atomic mass is 9.89. The SMILES string of the molecule is CCC(C(=O)O)c1cc2ccc3cccc4ccc(c1)c2c34. The Balaban J connectivity index is 2.11. The minimum atomic E-state index is -0.754. The summed E-state index contributed by atoms with van der Waals surface area (Å²) < 4.78 is 0. The van der Waals surface area contributed by atoms with Crippen molar-refractivity contribution in [1.29, 1.82) is 0 Å². The minimum absolute atomic E-state index is 0.443. The Kier molecular flexibility index (Phi) is 2.80. The molecule has 0 aromatic heterocycles. The number of hydrogen-bond donors (Lipinski definition) is 1. The van der Waals surface area contributed by atoms with Crippen molar-refractivity contribution in [2.75, 3.05) is 0 Å². The van der Waals surface area contributed by atoms with Crippen molar-refractivity contribution in [2.45, 2.75) is 19.3 Å². The van der Waals surface area contributed by atoms with Crippen molar-refractivity contribution in [3.63, 3.8) is 0 Å². The standard InChI is InChI=1S/C20H16O2/c1-2-17(20(21)22)16-10-14-8-6-12-4-3-5-13-7-9-15(11-16)19(14)18(12)13/h3-11,17H,2H2,1H3,(H,21,22). The van der Waals surface area contributed by atoms with E-state index in [-0.39, 0.29) is 0 Å². The molecule has 0 bridgehead atoms. The molecule has 4 rings (SSSR count). The molecule has 22 heavy (non-hydrogen) atoms. The average Bonchev–Trinajstić information content (AvgIpc) is 2.53. The third-order valence-corrected chi connectivity index (χ3v) is 4.59. The number of hydrogen-bond acceptors (Lipinski definition) is 1. The van der Waals surface area contributed by atoms with E-state index < -0.39 is 11.9 Å². The molecule has 0 amide bonds. The molecule has 0 heterocycles. The molecule has 0 saturated heterocycles.